The van der Waals surface area contributed by atoms with Gasteiger partial charge >= 0.3 is 0 Å². The summed E-state index contributed by atoms with van der Waals surface area (Å²) in [5, 5.41) is 0. The van der Waals surface area contributed by atoms with Gasteiger partial charge in [-0.1, -0.05) is 45.9 Å². The highest BCUT2D eigenvalue weighted by Gasteiger charge is 2.16. The van der Waals surface area contributed by atoms with Gasteiger partial charge < -0.3 is 9.64 Å². The summed E-state index contributed by atoms with van der Waals surface area (Å²) in [5.74, 6) is 0. The Kier molecular flexibility index (Phi) is 13.2. The van der Waals surface area contributed by atoms with Gasteiger partial charge in [-0.05, 0) is 18.6 Å². The van der Waals surface area contributed by atoms with Crippen molar-refractivity contribution >= 4 is 5.69 Å². The van der Waals surface area contributed by atoms with Crippen molar-refractivity contribution in [1.29, 1.82) is 0 Å². The molecule has 0 saturated carbocycles. The highest BCUT2D eigenvalue weighted by molar-refractivity contribution is 5.46. The molecule has 1 aliphatic heterocycles. The molecule has 3 nitrogen and oxygen atoms in total. The van der Waals surface area contributed by atoms with Gasteiger partial charge in [-0.15, -0.1) is 0 Å². The fourth-order valence-corrected chi connectivity index (χ4v) is 2.30. The topological polar surface area (TPSA) is 15.7 Å². The SMILES string of the molecule is CC.CC.COCCCN1CCN(c2ccccc2)CC1. The van der Waals surface area contributed by atoms with Crippen molar-refractivity contribution in [3.8, 4) is 0 Å². The molecule has 3 heteroatoms. The van der Waals surface area contributed by atoms with Crippen LogP contribution in [0.15, 0.2) is 30.3 Å². The summed E-state index contributed by atoms with van der Waals surface area (Å²) in [6.07, 6.45) is 1.14. The smallest absolute Gasteiger partial charge is 0.0474 e. The summed E-state index contributed by atoms with van der Waals surface area (Å²) < 4.78 is 5.09. The van der Waals surface area contributed by atoms with Gasteiger partial charge in [-0.2, -0.15) is 0 Å². The van der Waals surface area contributed by atoms with Crippen LogP contribution in [0.2, 0.25) is 0 Å². The summed E-state index contributed by atoms with van der Waals surface area (Å²) >= 11 is 0. The lowest BCUT2D eigenvalue weighted by atomic mass is 10.2. The fraction of sp³-hybridized carbons (Fsp3) is 0.667. The Bertz CT molecular complexity index is 308. The van der Waals surface area contributed by atoms with Crippen molar-refractivity contribution < 1.29 is 4.74 Å². The van der Waals surface area contributed by atoms with Crippen LogP contribution in [0.5, 0.6) is 0 Å². The monoisotopic (exact) mass is 294 g/mol. The lowest BCUT2D eigenvalue weighted by molar-refractivity contribution is 0.169. The maximum Gasteiger partial charge on any atom is 0.0474 e. The van der Waals surface area contributed by atoms with E-state index in [1.165, 1.54) is 18.8 Å². The molecule has 1 saturated heterocycles. The van der Waals surface area contributed by atoms with Gasteiger partial charge in [0.1, 0.15) is 0 Å². The van der Waals surface area contributed by atoms with Gasteiger partial charge in [0.05, 0.1) is 0 Å². The largest absolute Gasteiger partial charge is 0.385 e. The third-order valence-corrected chi connectivity index (χ3v) is 3.32. The highest BCUT2D eigenvalue weighted by Crippen LogP contribution is 2.15. The van der Waals surface area contributed by atoms with Gasteiger partial charge in [0.15, 0.2) is 0 Å². The lowest BCUT2D eigenvalue weighted by Gasteiger charge is -2.36. The maximum absolute atomic E-state index is 5.09. The van der Waals surface area contributed by atoms with E-state index in [1.807, 2.05) is 27.7 Å². The van der Waals surface area contributed by atoms with E-state index in [9.17, 15) is 0 Å². The fourth-order valence-electron chi connectivity index (χ4n) is 2.30. The van der Waals surface area contributed by atoms with Crippen LogP contribution < -0.4 is 4.90 Å². The third kappa shape index (κ3) is 8.08. The minimum atomic E-state index is 0.874. The van der Waals surface area contributed by atoms with Gasteiger partial charge in [-0.3, -0.25) is 4.90 Å². The Morgan fingerprint density at radius 2 is 1.48 bits per heavy atom. The molecular formula is C18H34N2O. The molecule has 1 heterocycles. The summed E-state index contributed by atoms with van der Waals surface area (Å²) in [7, 11) is 1.77. The first-order chi connectivity index (χ1) is 10.4. The first-order valence-electron chi connectivity index (χ1n) is 8.41. The molecule has 0 N–H and O–H groups in total. The molecule has 0 aromatic heterocycles. The van der Waals surface area contributed by atoms with Gasteiger partial charge in [-0.25, -0.2) is 0 Å². The Morgan fingerprint density at radius 1 is 0.905 bits per heavy atom. The second-order valence-electron chi connectivity index (χ2n) is 4.51. The Morgan fingerprint density at radius 3 is 2.00 bits per heavy atom. The lowest BCUT2D eigenvalue weighted by Crippen LogP contribution is -2.46. The van der Waals surface area contributed by atoms with Crippen LogP contribution in [0.4, 0.5) is 5.69 Å². The van der Waals surface area contributed by atoms with E-state index in [4.69, 9.17) is 4.74 Å². The zero-order valence-corrected chi connectivity index (χ0v) is 14.6. The molecule has 0 radical (unpaired) electrons. The predicted molar refractivity (Wildman–Crippen MR) is 94.3 cm³/mol. The van der Waals surface area contributed by atoms with Crippen LogP contribution in [-0.2, 0) is 4.74 Å². The molecule has 1 aromatic rings. The van der Waals surface area contributed by atoms with E-state index in [0.717, 1.165) is 32.7 Å². The molecule has 0 unspecified atom stereocenters. The molecule has 0 spiro atoms. The number of benzene rings is 1. The van der Waals surface area contributed by atoms with Gasteiger partial charge in [0, 0.05) is 52.1 Å². The summed E-state index contributed by atoms with van der Waals surface area (Å²) in [6, 6.07) is 10.7. The van der Waals surface area contributed by atoms with E-state index in [-0.39, 0.29) is 0 Å². The maximum atomic E-state index is 5.09. The molecule has 0 atom stereocenters. The van der Waals surface area contributed by atoms with E-state index in [0.29, 0.717) is 0 Å². The van der Waals surface area contributed by atoms with Crippen molar-refractivity contribution in [1.82, 2.24) is 4.90 Å². The summed E-state index contributed by atoms with van der Waals surface area (Å²) in [4.78, 5) is 4.99. The number of anilines is 1. The van der Waals surface area contributed by atoms with Crippen LogP contribution >= 0.6 is 0 Å². The van der Waals surface area contributed by atoms with Crippen LogP contribution in [0.1, 0.15) is 34.1 Å². The minimum absolute atomic E-state index is 0.874. The van der Waals surface area contributed by atoms with Gasteiger partial charge in [0.2, 0.25) is 0 Å². The van der Waals surface area contributed by atoms with Crippen LogP contribution in [0, 0.1) is 0 Å². The molecule has 1 fully saturated rings. The zero-order chi connectivity index (χ0) is 15.9. The van der Waals surface area contributed by atoms with Crippen molar-refractivity contribution in [3.63, 3.8) is 0 Å². The molecule has 1 aromatic carbocycles. The Balaban J connectivity index is 0.000000921. The number of nitrogens with zero attached hydrogens (tertiary/aromatic N) is 2. The van der Waals surface area contributed by atoms with Crippen LogP contribution in [-0.4, -0.2) is 51.3 Å². The van der Waals surface area contributed by atoms with Crippen molar-refractivity contribution in [2.45, 2.75) is 34.1 Å². The molecular weight excluding hydrogens is 260 g/mol. The van der Waals surface area contributed by atoms with E-state index in [1.54, 1.807) is 7.11 Å². The van der Waals surface area contributed by atoms with Crippen molar-refractivity contribution in [2.24, 2.45) is 0 Å². The van der Waals surface area contributed by atoms with E-state index in [2.05, 4.69) is 40.1 Å². The number of para-hydroxylation sites is 1. The van der Waals surface area contributed by atoms with Crippen LogP contribution in [0.25, 0.3) is 0 Å². The molecule has 122 valence electrons. The number of hydrogen-bond donors (Lipinski definition) is 0. The van der Waals surface area contributed by atoms with Crippen LogP contribution in [0.3, 0.4) is 0 Å². The van der Waals surface area contributed by atoms with E-state index >= 15 is 0 Å². The zero-order valence-electron chi connectivity index (χ0n) is 14.6. The average Bonchev–Trinajstić information content (AvgIpc) is 2.60. The van der Waals surface area contributed by atoms with Gasteiger partial charge in [0.25, 0.3) is 0 Å². The summed E-state index contributed by atoms with van der Waals surface area (Å²) in [6.45, 7) is 14.6. The number of rotatable bonds is 5. The first kappa shape index (κ1) is 19.9. The molecule has 2 rings (SSSR count). The second-order valence-corrected chi connectivity index (χ2v) is 4.51. The minimum Gasteiger partial charge on any atom is -0.385 e. The van der Waals surface area contributed by atoms with E-state index < -0.39 is 0 Å². The molecule has 0 amide bonds. The Hall–Kier alpha value is -1.06. The molecule has 0 aliphatic carbocycles. The number of piperazine rings is 1. The molecule has 0 bridgehead atoms. The normalized spacial score (nSPS) is 14.6. The number of ether oxygens (including phenoxy) is 1. The standard InChI is InChI=1S/C14H22N2O.2C2H6/c1-17-13-5-8-15-9-11-16(12-10-15)14-6-3-2-4-7-14;2*1-2/h2-4,6-7H,5,8-13H2,1H3;2*1-2H3. The number of hydrogen-bond acceptors (Lipinski definition) is 3. The quantitative estimate of drug-likeness (QED) is 0.766. The van der Waals surface area contributed by atoms with Crippen molar-refractivity contribution in [3.05, 3.63) is 30.3 Å². The second kappa shape index (κ2) is 13.9. The summed E-state index contributed by atoms with van der Waals surface area (Å²) in [5.41, 5.74) is 1.35. The van der Waals surface area contributed by atoms with Crippen molar-refractivity contribution in [2.75, 3.05) is 51.3 Å². The molecule has 1 aliphatic rings. The number of methoxy groups -OCH3 is 1. The highest BCUT2D eigenvalue weighted by atomic mass is 16.5. The average molecular weight is 294 g/mol. The molecule has 21 heavy (non-hydrogen) atoms. The predicted octanol–water partition coefficient (Wildman–Crippen LogP) is 3.90. The third-order valence-electron chi connectivity index (χ3n) is 3.32. The first-order valence-corrected chi connectivity index (χ1v) is 8.41. The Labute approximate surface area is 131 Å².